The quantitative estimate of drug-likeness (QED) is 0.434. The number of thiol groups is 2. The summed E-state index contributed by atoms with van der Waals surface area (Å²) in [7, 11) is -2.90. The highest BCUT2D eigenvalue weighted by atomic mass is 32.1. The van der Waals surface area contributed by atoms with E-state index in [0.29, 0.717) is 36.1 Å². The van der Waals surface area contributed by atoms with Crippen LogP contribution in [-0.4, -0.2) is 49.2 Å². The van der Waals surface area contributed by atoms with E-state index in [0.717, 1.165) is 6.42 Å². The second kappa shape index (κ2) is 9.68. The molecule has 0 fully saturated rings. The van der Waals surface area contributed by atoms with E-state index in [4.69, 9.17) is 13.3 Å². The first kappa shape index (κ1) is 19.7. The lowest BCUT2D eigenvalue weighted by Crippen LogP contribution is -2.59. The first-order valence-electron chi connectivity index (χ1n) is 7.33. The van der Waals surface area contributed by atoms with Gasteiger partial charge in [0.05, 0.1) is 5.67 Å². The molecule has 0 aliphatic rings. The molecule has 22 heavy (non-hydrogen) atoms. The van der Waals surface area contributed by atoms with Crippen molar-refractivity contribution in [2.24, 2.45) is 0 Å². The second-order valence-corrected chi connectivity index (χ2v) is 7.84. The molecule has 1 rings (SSSR count). The summed E-state index contributed by atoms with van der Waals surface area (Å²) < 4.78 is 17.8. The molecule has 0 amide bonds. The topological polar surface area (TPSA) is 78.4 Å². The molecule has 1 heterocycles. The lowest BCUT2D eigenvalue weighted by molar-refractivity contribution is 0.0638. The molecule has 1 N–H and O–H groups in total. The Hall–Kier alpha value is -0.393. The fraction of sp³-hybridized carbons (Fsp3) is 0.750. The fourth-order valence-corrected chi connectivity index (χ4v) is 5.37. The van der Waals surface area contributed by atoms with Crippen molar-refractivity contribution < 1.29 is 13.3 Å². The van der Waals surface area contributed by atoms with Gasteiger partial charge < -0.3 is 18.6 Å². The van der Waals surface area contributed by atoms with Gasteiger partial charge in [0.25, 0.3) is 0 Å². The second-order valence-electron chi connectivity index (χ2n) is 4.27. The normalized spacial score (nSPS) is 13.2. The molecule has 7 nitrogen and oxygen atoms in total. The average Bonchev–Trinajstić information content (AvgIpc) is 2.44. The maximum atomic E-state index is 5.92. The highest BCUT2D eigenvalue weighted by molar-refractivity contribution is 7.80. The molecule has 1 aromatic rings. The SMILES string of the molecule is CCO[Si](OCC)(OCC)C(CC)Nc1nc(S)nc(S)n1. The van der Waals surface area contributed by atoms with Crippen LogP contribution in [0.2, 0.25) is 0 Å². The number of rotatable bonds is 10. The summed E-state index contributed by atoms with van der Waals surface area (Å²) in [5.74, 6) is 0.382. The smallest absolute Gasteiger partial charge is 0.373 e. The molecule has 0 aliphatic heterocycles. The lowest BCUT2D eigenvalue weighted by Gasteiger charge is -2.35. The van der Waals surface area contributed by atoms with Crippen LogP contribution in [0.1, 0.15) is 34.1 Å². The van der Waals surface area contributed by atoms with Crippen LogP contribution >= 0.6 is 25.3 Å². The molecule has 10 heteroatoms. The van der Waals surface area contributed by atoms with Gasteiger partial charge >= 0.3 is 8.80 Å². The van der Waals surface area contributed by atoms with Gasteiger partial charge in [-0.1, -0.05) is 6.92 Å². The van der Waals surface area contributed by atoms with Gasteiger partial charge in [-0.3, -0.25) is 0 Å². The zero-order valence-electron chi connectivity index (χ0n) is 13.4. The molecule has 0 saturated carbocycles. The van der Waals surface area contributed by atoms with Crippen molar-refractivity contribution in [2.45, 2.75) is 50.1 Å². The van der Waals surface area contributed by atoms with E-state index in [1.165, 1.54) is 0 Å². The van der Waals surface area contributed by atoms with Gasteiger partial charge in [0.2, 0.25) is 5.95 Å². The minimum absolute atomic E-state index is 0.171. The van der Waals surface area contributed by atoms with Crippen molar-refractivity contribution >= 4 is 40.0 Å². The lowest BCUT2D eigenvalue weighted by atomic mass is 10.5. The van der Waals surface area contributed by atoms with Gasteiger partial charge in [-0.05, 0) is 27.2 Å². The molecular formula is C12H24N4O3S2Si. The van der Waals surface area contributed by atoms with Gasteiger partial charge in [-0.2, -0.15) is 15.0 Å². The Kier molecular flexibility index (Phi) is 8.65. The summed E-state index contributed by atoms with van der Waals surface area (Å²) in [4.78, 5) is 12.2. The summed E-state index contributed by atoms with van der Waals surface area (Å²) in [6, 6.07) is 0. The van der Waals surface area contributed by atoms with E-state index in [1.807, 2.05) is 27.7 Å². The van der Waals surface area contributed by atoms with E-state index in [2.05, 4.69) is 45.5 Å². The number of hydrogen-bond donors (Lipinski definition) is 3. The van der Waals surface area contributed by atoms with Crippen molar-refractivity contribution in [2.75, 3.05) is 25.1 Å². The zero-order chi connectivity index (χ0) is 16.6. The van der Waals surface area contributed by atoms with Crippen molar-refractivity contribution in [3.8, 4) is 0 Å². The van der Waals surface area contributed by atoms with Crippen LogP contribution in [0.25, 0.3) is 0 Å². The number of hydrogen-bond acceptors (Lipinski definition) is 9. The Morgan fingerprint density at radius 2 is 1.36 bits per heavy atom. The van der Waals surface area contributed by atoms with E-state index in [9.17, 15) is 0 Å². The van der Waals surface area contributed by atoms with Crippen molar-refractivity contribution in [1.29, 1.82) is 0 Å². The molecule has 126 valence electrons. The minimum Gasteiger partial charge on any atom is -0.373 e. The molecule has 0 saturated heterocycles. The number of nitrogens with one attached hydrogen (secondary N) is 1. The van der Waals surface area contributed by atoms with E-state index < -0.39 is 8.80 Å². The summed E-state index contributed by atoms with van der Waals surface area (Å²) in [5.41, 5.74) is -0.171. The van der Waals surface area contributed by atoms with Crippen LogP contribution in [0.5, 0.6) is 0 Å². The predicted molar refractivity (Wildman–Crippen MR) is 92.7 cm³/mol. The highest BCUT2D eigenvalue weighted by Crippen LogP contribution is 2.21. The summed E-state index contributed by atoms with van der Waals surface area (Å²) >= 11 is 8.28. The molecular weight excluding hydrogens is 340 g/mol. The van der Waals surface area contributed by atoms with Crippen LogP contribution in [-0.2, 0) is 13.3 Å². The first-order chi connectivity index (χ1) is 10.5. The van der Waals surface area contributed by atoms with Gasteiger partial charge in [0.1, 0.15) is 0 Å². The Balaban J connectivity index is 3.06. The molecule has 1 aromatic heterocycles. The standard InChI is InChI=1S/C12H24N4O3S2Si/c1-5-9(13-10-14-11(20)16-12(21)15-10)22(17-6-2,18-7-3)19-8-4/h9H,5-8H2,1-4H3,(H3,13,14,15,16,20,21). The van der Waals surface area contributed by atoms with Crippen molar-refractivity contribution in [1.82, 2.24) is 15.0 Å². The van der Waals surface area contributed by atoms with Gasteiger partial charge in [0, 0.05) is 19.8 Å². The Labute approximate surface area is 143 Å². The Bertz CT molecular complexity index is 433. The average molecular weight is 365 g/mol. The van der Waals surface area contributed by atoms with E-state index in [-0.39, 0.29) is 5.67 Å². The molecule has 0 aromatic carbocycles. The molecule has 0 bridgehead atoms. The van der Waals surface area contributed by atoms with E-state index in [1.54, 1.807) is 0 Å². The van der Waals surface area contributed by atoms with E-state index >= 15 is 0 Å². The summed E-state index contributed by atoms with van der Waals surface area (Å²) in [6.45, 7) is 9.33. The molecule has 0 aliphatic carbocycles. The molecule has 1 atom stereocenters. The van der Waals surface area contributed by atoms with Gasteiger partial charge in [-0.15, -0.1) is 25.3 Å². The van der Waals surface area contributed by atoms with Gasteiger partial charge in [-0.25, -0.2) is 0 Å². The number of nitrogens with zero attached hydrogens (tertiary/aromatic N) is 3. The maximum Gasteiger partial charge on any atom is 0.524 e. The maximum absolute atomic E-state index is 5.92. The van der Waals surface area contributed by atoms with Crippen molar-refractivity contribution in [3.63, 3.8) is 0 Å². The summed E-state index contributed by atoms with van der Waals surface area (Å²) in [5, 5.41) is 3.83. The number of aromatic nitrogens is 3. The summed E-state index contributed by atoms with van der Waals surface area (Å²) in [6.07, 6.45) is 0.738. The van der Waals surface area contributed by atoms with Crippen LogP contribution in [0.3, 0.4) is 0 Å². The van der Waals surface area contributed by atoms with Crippen molar-refractivity contribution in [3.05, 3.63) is 0 Å². The molecule has 0 spiro atoms. The fourth-order valence-electron chi connectivity index (χ4n) is 2.05. The Morgan fingerprint density at radius 3 is 1.73 bits per heavy atom. The predicted octanol–water partition coefficient (Wildman–Crippen LogP) is 2.23. The van der Waals surface area contributed by atoms with Crippen LogP contribution in [0.4, 0.5) is 5.95 Å². The zero-order valence-corrected chi connectivity index (χ0v) is 16.2. The Morgan fingerprint density at radius 1 is 0.909 bits per heavy atom. The largest absolute Gasteiger partial charge is 0.524 e. The number of anilines is 1. The van der Waals surface area contributed by atoms with Gasteiger partial charge in [0.15, 0.2) is 10.3 Å². The molecule has 1 unspecified atom stereocenters. The third kappa shape index (κ3) is 5.35. The first-order valence-corrected chi connectivity index (χ1v) is 10.0. The minimum atomic E-state index is -2.90. The van der Waals surface area contributed by atoms with Crippen LogP contribution in [0.15, 0.2) is 10.3 Å². The monoisotopic (exact) mass is 364 g/mol. The third-order valence-electron chi connectivity index (χ3n) is 2.79. The third-order valence-corrected chi connectivity index (χ3v) is 6.67. The molecule has 0 radical (unpaired) electrons. The van der Waals surface area contributed by atoms with Crippen LogP contribution < -0.4 is 5.32 Å². The van der Waals surface area contributed by atoms with Crippen LogP contribution in [0, 0.1) is 0 Å². The highest BCUT2D eigenvalue weighted by Gasteiger charge is 2.49.